The standard InChI is InChI=1S/C28H41ClN2O5S/c1-7-9-19-25(34)16(2)10-8-11-28(6)23(36-28)13-21(20(29)12-18-15-37-17(3)30-18)31-24(33)14-22(32)27(4,5)26(19)35/h7,12,15-16,19,21-23,25,32,34H,1,8-11,13-14H2,2-6H3,(H,31,33)/t16-,19+,21?,22-,23?,25+,28?/m0/s1. The van der Waals surface area contributed by atoms with Gasteiger partial charge < -0.3 is 20.3 Å². The largest absolute Gasteiger partial charge is 0.392 e. The SMILES string of the molecule is C=CC[C@H]1C(=O)C(C)(C)[C@@H](O)CC(=O)NC(C(Cl)=Cc2csc(C)n2)CC2OC2(C)CCC[C@H](C)[C@H]1O. The molecule has 7 nitrogen and oxygen atoms in total. The third-order valence-electron chi connectivity index (χ3n) is 8.01. The fourth-order valence-electron chi connectivity index (χ4n) is 5.20. The number of nitrogens with one attached hydrogen (secondary N) is 1. The maximum absolute atomic E-state index is 13.6. The van der Waals surface area contributed by atoms with Crippen molar-refractivity contribution in [2.45, 2.75) is 103 Å². The molecule has 9 heteroatoms. The molecule has 0 aliphatic carbocycles. The van der Waals surface area contributed by atoms with Crippen LogP contribution in [0.2, 0.25) is 0 Å². The molecule has 3 N–H and O–H groups in total. The van der Waals surface area contributed by atoms with Gasteiger partial charge in [-0.15, -0.1) is 17.9 Å². The summed E-state index contributed by atoms with van der Waals surface area (Å²) in [7, 11) is 0. The van der Waals surface area contributed by atoms with E-state index in [-0.39, 0.29) is 29.8 Å². The highest BCUT2D eigenvalue weighted by atomic mass is 35.5. The number of carbonyl (C=O) groups excluding carboxylic acids is 2. The highest BCUT2D eigenvalue weighted by Gasteiger charge is 2.52. The number of epoxide rings is 1. The molecule has 1 aromatic rings. The normalized spacial score (nSPS) is 35.9. The molecular formula is C28H41ClN2O5S. The fraction of sp³-hybridized carbons (Fsp3) is 0.679. The number of carbonyl (C=O) groups is 2. The van der Waals surface area contributed by atoms with Crippen LogP contribution in [-0.4, -0.2) is 56.8 Å². The quantitative estimate of drug-likeness (QED) is 0.366. The van der Waals surface area contributed by atoms with E-state index < -0.39 is 35.5 Å². The molecule has 1 amide bonds. The lowest BCUT2D eigenvalue weighted by atomic mass is 9.71. The monoisotopic (exact) mass is 552 g/mol. The molecular weight excluding hydrogens is 512 g/mol. The highest BCUT2D eigenvalue weighted by molar-refractivity contribution is 7.09. The zero-order valence-corrected chi connectivity index (χ0v) is 24.1. The van der Waals surface area contributed by atoms with Gasteiger partial charge >= 0.3 is 0 Å². The van der Waals surface area contributed by atoms with E-state index in [1.54, 1.807) is 26.0 Å². The molecule has 2 aliphatic rings. The molecule has 7 atom stereocenters. The topological polar surface area (TPSA) is 112 Å². The molecule has 206 valence electrons. The number of aromatic nitrogens is 1. The summed E-state index contributed by atoms with van der Waals surface area (Å²) in [5.74, 6) is -1.51. The number of allylic oxidation sites excluding steroid dienone is 1. The molecule has 0 spiro atoms. The van der Waals surface area contributed by atoms with E-state index in [2.05, 4.69) is 23.8 Å². The van der Waals surface area contributed by atoms with E-state index in [4.69, 9.17) is 16.3 Å². The predicted molar refractivity (Wildman–Crippen MR) is 147 cm³/mol. The lowest BCUT2D eigenvalue weighted by Gasteiger charge is -2.36. The van der Waals surface area contributed by atoms with Gasteiger partial charge in [-0.1, -0.05) is 44.9 Å². The van der Waals surface area contributed by atoms with Crippen LogP contribution < -0.4 is 5.32 Å². The van der Waals surface area contributed by atoms with Crippen LogP contribution in [0, 0.1) is 24.2 Å². The van der Waals surface area contributed by atoms with E-state index in [1.807, 2.05) is 19.2 Å². The number of ketones is 1. The van der Waals surface area contributed by atoms with E-state index in [0.717, 1.165) is 30.0 Å². The van der Waals surface area contributed by atoms with Crippen LogP contribution in [0.15, 0.2) is 23.1 Å². The number of Topliss-reactive ketones (excluding diaryl/α,β-unsaturated/α-hetero) is 1. The Bertz CT molecular complexity index is 1020. The van der Waals surface area contributed by atoms with Crippen molar-refractivity contribution in [2.75, 3.05) is 0 Å². The van der Waals surface area contributed by atoms with Crippen molar-refractivity contribution in [3.05, 3.63) is 33.8 Å². The van der Waals surface area contributed by atoms with Gasteiger partial charge in [0.1, 0.15) is 5.78 Å². The summed E-state index contributed by atoms with van der Waals surface area (Å²) >= 11 is 8.22. The van der Waals surface area contributed by atoms with Gasteiger partial charge in [-0.2, -0.15) is 0 Å². The minimum absolute atomic E-state index is 0.0817. The highest BCUT2D eigenvalue weighted by Crippen LogP contribution is 2.45. The number of hydrogen-bond acceptors (Lipinski definition) is 7. The van der Waals surface area contributed by atoms with Crippen LogP contribution in [-0.2, 0) is 14.3 Å². The number of halogens is 1. The fourth-order valence-corrected chi connectivity index (χ4v) is 6.03. The molecule has 2 aliphatic heterocycles. The van der Waals surface area contributed by atoms with Gasteiger partial charge in [0.15, 0.2) is 0 Å². The van der Waals surface area contributed by atoms with Crippen molar-refractivity contribution in [1.82, 2.24) is 10.3 Å². The van der Waals surface area contributed by atoms with Crippen molar-refractivity contribution in [3.63, 3.8) is 0 Å². The molecule has 0 bridgehead atoms. The average molecular weight is 553 g/mol. The van der Waals surface area contributed by atoms with Crippen molar-refractivity contribution >= 4 is 40.7 Å². The van der Waals surface area contributed by atoms with E-state index in [0.29, 0.717) is 17.9 Å². The van der Waals surface area contributed by atoms with Crippen LogP contribution in [0.4, 0.5) is 0 Å². The molecule has 0 radical (unpaired) electrons. The third-order valence-corrected chi connectivity index (χ3v) is 9.17. The maximum atomic E-state index is 13.6. The summed E-state index contributed by atoms with van der Waals surface area (Å²) in [6, 6.07) is -0.517. The Hall–Kier alpha value is -1.58. The smallest absolute Gasteiger partial charge is 0.223 e. The van der Waals surface area contributed by atoms with Gasteiger partial charge in [-0.05, 0) is 45.1 Å². The summed E-state index contributed by atoms with van der Waals surface area (Å²) in [4.78, 5) is 31.1. The number of fused-ring (bicyclic) bond motifs is 1. The molecule has 2 saturated heterocycles. The van der Waals surface area contributed by atoms with Gasteiger partial charge in [0.2, 0.25) is 5.91 Å². The summed E-state index contributed by atoms with van der Waals surface area (Å²) < 4.78 is 6.06. The van der Waals surface area contributed by atoms with Gasteiger partial charge in [0, 0.05) is 22.8 Å². The van der Waals surface area contributed by atoms with Gasteiger partial charge in [-0.25, -0.2) is 4.98 Å². The third kappa shape index (κ3) is 7.30. The molecule has 3 rings (SSSR count). The number of aryl methyl sites for hydroxylation is 1. The molecule has 37 heavy (non-hydrogen) atoms. The van der Waals surface area contributed by atoms with E-state index >= 15 is 0 Å². The number of nitrogens with zero attached hydrogens (tertiary/aromatic N) is 1. The molecule has 0 aromatic carbocycles. The number of ether oxygens (including phenoxy) is 1. The van der Waals surface area contributed by atoms with Crippen LogP contribution in [0.25, 0.3) is 6.08 Å². The molecule has 3 heterocycles. The first-order valence-electron chi connectivity index (χ1n) is 13.1. The first-order valence-corrected chi connectivity index (χ1v) is 14.3. The van der Waals surface area contributed by atoms with Crippen molar-refractivity contribution < 1.29 is 24.5 Å². The molecule has 3 unspecified atom stereocenters. The minimum Gasteiger partial charge on any atom is -0.392 e. The first-order chi connectivity index (χ1) is 17.3. The van der Waals surface area contributed by atoms with Crippen LogP contribution in [0.5, 0.6) is 0 Å². The number of amides is 1. The lowest BCUT2D eigenvalue weighted by Crippen LogP contribution is -2.48. The number of thiazole rings is 1. The Morgan fingerprint density at radius 2 is 2.05 bits per heavy atom. The summed E-state index contributed by atoms with van der Waals surface area (Å²) in [6.07, 6.45) is 4.05. The Morgan fingerprint density at radius 3 is 2.68 bits per heavy atom. The average Bonchev–Trinajstić information content (AvgIpc) is 3.27. The second-order valence-electron chi connectivity index (χ2n) is 11.4. The lowest BCUT2D eigenvalue weighted by molar-refractivity contribution is -0.143. The number of aliphatic hydroxyl groups is 2. The van der Waals surface area contributed by atoms with Crippen LogP contribution >= 0.6 is 22.9 Å². The van der Waals surface area contributed by atoms with Gasteiger partial charge in [0.05, 0.1) is 52.5 Å². The first kappa shape index (κ1) is 30.0. The van der Waals surface area contributed by atoms with Gasteiger partial charge in [-0.3, -0.25) is 9.59 Å². The molecule has 2 fully saturated rings. The Kier molecular flexibility index (Phi) is 9.78. The second-order valence-corrected chi connectivity index (χ2v) is 12.9. The minimum atomic E-state index is -1.24. The van der Waals surface area contributed by atoms with E-state index in [9.17, 15) is 19.8 Å². The second kappa shape index (κ2) is 12.1. The van der Waals surface area contributed by atoms with E-state index in [1.165, 1.54) is 11.3 Å². The molecule has 1 aromatic heterocycles. The van der Waals surface area contributed by atoms with Gasteiger partial charge in [0.25, 0.3) is 0 Å². The number of hydrogen-bond donors (Lipinski definition) is 3. The van der Waals surface area contributed by atoms with Crippen LogP contribution in [0.1, 0.15) is 76.9 Å². The van der Waals surface area contributed by atoms with Crippen LogP contribution in [0.3, 0.4) is 0 Å². The number of aliphatic hydroxyl groups excluding tert-OH is 2. The summed E-state index contributed by atoms with van der Waals surface area (Å²) in [5.41, 5.74) is -0.855. The Morgan fingerprint density at radius 1 is 1.35 bits per heavy atom. The summed E-state index contributed by atoms with van der Waals surface area (Å²) in [5, 5.41) is 28.3. The molecule has 0 saturated carbocycles. The van der Waals surface area contributed by atoms with Crippen molar-refractivity contribution in [1.29, 1.82) is 0 Å². The summed E-state index contributed by atoms with van der Waals surface area (Å²) in [6.45, 7) is 12.9. The zero-order valence-electron chi connectivity index (χ0n) is 22.5. The predicted octanol–water partition coefficient (Wildman–Crippen LogP) is 4.78. The number of rotatable bonds is 4. The zero-order chi connectivity index (χ0) is 27.5. The van der Waals surface area contributed by atoms with Crippen molar-refractivity contribution in [3.8, 4) is 0 Å². The van der Waals surface area contributed by atoms with Crippen molar-refractivity contribution in [2.24, 2.45) is 17.3 Å². The Labute approximate surface area is 229 Å². The Balaban J connectivity index is 1.88. The maximum Gasteiger partial charge on any atom is 0.223 e.